The predicted octanol–water partition coefficient (Wildman–Crippen LogP) is 1.40. The Bertz CT molecular complexity index is 564. The fourth-order valence-electron chi connectivity index (χ4n) is 1.45. The molecule has 0 saturated carbocycles. The summed E-state index contributed by atoms with van der Waals surface area (Å²) < 4.78 is 6.72. The van der Waals surface area contributed by atoms with Gasteiger partial charge in [-0.25, -0.2) is 4.98 Å². The molecule has 2 heterocycles. The van der Waals surface area contributed by atoms with Crippen LogP contribution in [0.5, 0.6) is 5.75 Å². The van der Waals surface area contributed by atoms with E-state index >= 15 is 0 Å². The van der Waals surface area contributed by atoms with E-state index in [1.54, 1.807) is 24.1 Å². The van der Waals surface area contributed by atoms with Gasteiger partial charge in [0.15, 0.2) is 5.75 Å². The second kappa shape index (κ2) is 4.20. The summed E-state index contributed by atoms with van der Waals surface area (Å²) in [5, 5.41) is 14.6. The third-order valence-corrected chi connectivity index (χ3v) is 2.25. The van der Waals surface area contributed by atoms with E-state index in [0.29, 0.717) is 11.4 Å². The van der Waals surface area contributed by atoms with E-state index in [4.69, 9.17) is 4.74 Å². The van der Waals surface area contributed by atoms with Gasteiger partial charge in [-0.15, -0.1) is 0 Å². The summed E-state index contributed by atoms with van der Waals surface area (Å²) in [6.07, 6.45) is 4.58. The first-order valence-corrected chi connectivity index (χ1v) is 4.79. The number of rotatable bonds is 3. The zero-order valence-corrected chi connectivity index (χ0v) is 9.32. The molecule has 0 bridgehead atoms. The average Bonchev–Trinajstić information content (AvgIpc) is 2.74. The van der Waals surface area contributed by atoms with E-state index in [2.05, 4.69) is 10.1 Å². The fourth-order valence-corrected chi connectivity index (χ4v) is 1.45. The molecule has 0 amide bonds. The van der Waals surface area contributed by atoms with Gasteiger partial charge in [0.1, 0.15) is 11.9 Å². The minimum atomic E-state index is -0.511. The molecule has 7 nitrogen and oxygen atoms in total. The van der Waals surface area contributed by atoms with Crippen molar-refractivity contribution in [1.82, 2.24) is 14.8 Å². The van der Waals surface area contributed by atoms with Crippen LogP contribution in [0.15, 0.2) is 24.7 Å². The molecule has 2 aromatic rings. The van der Waals surface area contributed by atoms with Gasteiger partial charge in [0, 0.05) is 18.8 Å². The number of aromatic nitrogens is 3. The van der Waals surface area contributed by atoms with Crippen molar-refractivity contribution >= 4 is 5.69 Å². The lowest BCUT2D eigenvalue weighted by atomic mass is 10.2. The summed E-state index contributed by atoms with van der Waals surface area (Å²) in [7, 11) is 3.22. The Morgan fingerprint density at radius 1 is 1.47 bits per heavy atom. The topological polar surface area (TPSA) is 83.1 Å². The second-order valence-electron chi connectivity index (χ2n) is 3.40. The Morgan fingerprint density at radius 3 is 2.76 bits per heavy atom. The molecule has 7 heteroatoms. The van der Waals surface area contributed by atoms with Crippen LogP contribution in [0.3, 0.4) is 0 Å². The minimum Gasteiger partial charge on any atom is -0.494 e. The lowest BCUT2D eigenvalue weighted by Crippen LogP contribution is -1.95. The Kier molecular flexibility index (Phi) is 2.73. The van der Waals surface area contributed by atoms with Crippen LogP contribution in [0.2, 0.25) is 0 Å². The standard InChI is InChI=1S/C10H10N4O3/c1-13-6-7(4-12-13)10-9(17-2)3-8(5-11-10)14(15)16/h3-6H,1-2H3. The summed E-state index contributed by atoms with van der Waals surface area (Å²) in [5.74, 6) is 0.354. The molecule has 0 aromatic carbocycles. The SMILES string of the molecule is COc1cc([N+](=O)[O-])cnc1-c1cnn(C)c1. The van der Waals surface area contributed by atoms with Crippen molar-refractivity contribution < 1.29 is 9.66 Å². The molecule has 2 rings (SSSR count). The molecule has 88 valence electrons. The highest BCUT2D eigenvalue weighted by Gasteiger charge is 2.15. The van der Waals surface area contributed by atoms with Crippen molar-refractivity contribution in [3.63, 3.8) is 0 Å². The smallest absolute Gasteiger partial charge is 0.291 e. The van der Waals surface area contributed by atoms with E-state index in [1.807, 2.05) is 0 Å². The third kappa shape index (κ3) is 2.07. The lowest BCUT2D eigenvalue weighted by molar-refractivity contribution is -0.385. The van der Waals surface area contributed by atoms with E-state index in [-0.39, 0.29) is 5.69 Å². The Labute approximate surface area is 96.8 Å². The molecular weight excluding hydrogens is 224 g/mol. The van der Waals surface area contributed by atoms with Gasteiger partial charge in [-0.05, 0) is 0 Å². The third-order valence-electron chi connectivity index (χ3n) is 2.25. The van der Waals surface area contributed by atoms with Crippen LogP contribution in [0.25, 0.3) is 11.3 Å². The Morgan fingerprint density at radius 2 is 2.24 bits per heavy atom. The molecule has 0 aliphatic heterocycles. The van der Waals surface area contributed by atoms with E-state index in [9.17, 15) is 10.1 Å². The van der Waals surface area contributed by atoms with Gasteiger partial charge in [0.2, 0.25) is 0 Å². The molecule has 0 spiro atoms. The number of pyridine rings is 1. The van der Waals surface area contributed by atoms with Crippen LogP contribution in [0.1, 0.15) is 0 Å². The van der Waals surface area contributed by atoms with Crippen molar-refractivity contribution in [2.45, 2.75) is 0 Å². The number of methoxy groups -OCH3 is 1. The maximum atomic E-state index is 10.6. The van der Waals surface area contributed by atoms with Gasteiger partial charge in [-0.2, -0.15) is 5.10 Å². The van der Waals surface area contributed by atoms with Gasteiger partial charge < -0.3 is 4.74 Å². The highest BCUT2D eigenvalue weighted by Crippen LogP contribution is 2.30. The first kappa shape index (κ1) is 11.1. The fraction of sp³-hybridized carbons (Fsp3) is 0.200. The molecule has 0 fully saturated rings. The first-order chi connectivity index (χ1) is 8.11. The van der Waals surface area contributed by atoms with E-state index in [0.717, 1.165) is 5.56 Å². The molecule has 17 heavy (non-hydrogen) atoms. The summed E-state index contributed by atoms with van der Waals surface area (Å²) in [6, 6.07) is 1.34. The highest BCUT2D eigenvalue weighted by molar-refractivity contribution is 5.66. The van der Waals surface area contributed by atoms with Gasteiger partial charge in [0.25, 0.3) is 5.69 Å². The summed E-state index contributed by atoms with van der Waals surface area (Å²) >= 11 is 0. The van der Waals surface area contributed by atoms with Crippen molar-refractivity contribution in [2.24, 2.45) is 7.05 Å². The van der Waals surface area contributed by atoms with Crippen LogP contribution >= 0.6 is 0 Å². The maximum absolute atomic E-state index is 10.6. The van der Waals surface area contributed by atoms with Gasteiger partial charge in [-0.3, -0.25) is 14.8 Å². The van der Waals surface area contributed by atoms with Crippen LogP contribution in [0.4, 0.5) is 5.69 Å². The quantitative estimate of drug-likeness (QED) is 0.592. The molecule has 0 aliphatic carbocycles. The van der Waals surface area contributed by atoms with E-state index in [1.165, 1.54) is 19.4 Å². The second-order valence-corrected chi connectivity index (χ2v) is 3.40. The van der Waals surface area contributed by atoms with Crippen molar-refractivity contribution in [3.8, 4) is 17.0 Å². The molecule has 2 aromatic heterocycles. The van der Waals surface area contributed by atoms with Gasteiger partial charge in [-0.1, -0.05) is 0 Å². The maximum Gasteiger partial charge on any atom is 0.291 e. The van der Waals surface area contributed by atoms with Crippen molar-refractivity contribution in [1.29, 1.82) is 0 Å². The summed E-state index contributed by atoms with van der Waals surface area (Å²) in [6.45, 7) is 0. The number of aryl methyl sites for hydroxylation is 1. The predicted molar refractivity (Wildman–Crippen MR) is 59.6 cm³/mol. The van der Waals surface area contributed by atoms with Gasteiger partial charge in [0.05, 0.1) is 24.3 Å². The molecule has 0 N–H and O–H groups in total. The molecule has 0 saturated heterocycles. The normalized spacial score (nSPS) is 10.2. The van der Waals surface area contributed by atoms with Crippen LogP contribution in [0, 0.1) is 10.1 Å². The first-order valence-electron chi connectivity index (χ1n) is 4.79. The summed E-state index contributed by atoms with van der Waals surface area (Å²) in [4.78, 5) is 14.1. The van der Waals surface area contributed by atoms with E-state index < -0.39 is 4.92 Å². The largest absolute Gasteiger partial charge is 0.494 e. The minimum absolute atomic E-state index is 0.102. The highest BCUT2D eigenvalue weighted by atomic mass is 16.6. The average molecular weight is 234 g/mol. The van der Waals surface area contributed by atoms with Crippen molar-refractivity contribution in [2.75, 3.05) is 7.11 Å². The number of ether oxygens (including phenoxy) is 1. The molecular formula is C10H10N4O3. The zero-order valence-electron chi connectivity index (χ0n) is 9.32. The summed E-state index contributed by atoms with van der Waals surface area (Å²) in [5.41, 5.74) is 1.18. The Hall–Kier alpha value is -2.44. The number of hydrogen-bond acceptors (Lipinski definition) is 5. The molecule has 0 aliphatic rings. The lowest BCUT2D eigenvalue weighted by Gasteiger charge is -2.04. The number of nitrogens with zero attached hydrogens (tertiary/aromatic N) is 4. The monoisotopic (exact) mass is 234 g/mol. The Balaban J connectivity index is 2.51. The van der Waals surface area contributed by atoms with Crippen molar-refractivity contribution in [3.05, 3.63) is 34.8 Å². The van der Waals surface area contributed by atoms with Gasteiger partial charge >= 0.3 is 0 Å². The van der Waals surface area contributed by atoms with Crippen LogP contribution < -0.4 is 4.74 Å². The van der Waals surface area contributed by atoms with Crippen LogP contribution in [-0.2, 0) is 7.05 Å². The number of nitro groups is 1. The molecule has 0 atom stereocenters. The molecule has 0 radical (unpaired) electrons. The zero-order chi connectivity index (χ0) is 12.4. The molecule has 0 unspecified atom stereocenters. The van der Waals surface area contributed by atoms with Crippen LogP contribution in [-0.4, -0.2) is 26.8 Å². The number of hydrogen-bond donors (Lipinski definition) is 0.